The molecule has 0 saturated heterocycles. The number of para-hydroxylation sites is 1. The number of carbonyl (C=O) groups is 1. The summed E-state index contributed by atoms with van der Waals surface area (Å²) >= 11 is 0. The molecule has 0 bridgehead atoms. The molecule has 1 N–H and O–H groups in total. The highest BCUT2D eigenvalue weighted by molar-refractivity contribution is 7.93. The zero-order chi connectivity index (χ0) is 22.4. The van der Waals surface area contributed by atoms with Crippen LogP contribution in [-0.4, -0.2) is 25.5 Å². The van der Waals surface area contributed by atoms with E-state index in [1.807, 2.05) is 0 Å². The predicted molar refractivity (Wildman–Crippen MR) is 115 cm³/mol. The number of hydrogen-bond donors (Lipinski definition) is 1. The fourth-order valence-corrected chi connectivity index (χ4v) is 5.29. The topological polar surface area (TPSA) is 74.7 Å². The van der Waals surface area contributed by atoms with Gasteiger partial charge in [0.05, 0.1) is 16.1 Å². The summed E-state index contributed by atoms with van der Waals surface area (Å²) < 4.78 is 66.3. The van der Waals surface area contributed by atoms with E-state index < -0.39 is 33.8 Å². The Morgan fingerprint density at radius 1 is 0.938 bits per heavy atom. The standard InChI is InChI=1S/C22H16F3NO4S.ClH/c23-22(24,25)17-6-3-5-15(12-17)14-8-10-18(11-9-14)31(29,30)26-19-7-2-1-4-16(19)13-20(26)21(27)28;/h1-12,20H,13H2,(H,27,28);1H/t20-;/m0./s1. The third-order valence-corrected chi connectivity index (χ3v) is 6.98. The van der Waals surface area contributed by atoms with Crippen LogP contribution in [0.4, 0.5) is 18.9 Å². The van der Waals surface area contributed by atoms with Gasteiger partial charge in [-0.3, -0.25) is 4.31 Å². The molecule has 1 aliphatic heterocycles. The molecule has 0 amide bonds. The first kappa shape index (κ1) is 23.6. The van der Waals surface area contributed by atoms with Crippen molar-refractivity contribution in [2.24, 2.45) is 0 Å². The molecular formula is C22H17ClF3NO4S. The van der Waals surface area contributed by atoms with Gasteiger partial charge in [-0.1, -0.05) is 42.5 Å². The second-order valence-corrected chi connectivity index (χ2v) is 8.91. The van der Waals surface area contributed by atoms with Crippen LogP contribution < -0.4 is 4.31 Å². The van der Waals surface area contributed by atoms with E-state index >= 15 is 0 Å². The molecule has 1 heterocycles. The largest absolute Gasteiger partial charge is 0.480 e. The molecule has 5 nitrogen and oxygen atoms in total. The third-order valence-electron chi connectivity index (χ3n) is 5.14. The van der Waals surface area contributed by atoms with Crippen LogP contribution in [0.3, 0.4) is 0 Å². The van der Waals surface area contributed by atoms with Gasteiger partial charge in [-0.2, -0.15) is 13.2 Å². The Kier molecular flexibility index (Phi) is 6.26. The van der Waals surface area contributed by atoms with Crippen LogP contribution in [0.1, 0.15) is 11.1 Å². The molecule has 0 radical (unpaired) electrons. The minimum Gasteiger partial charge on any atom is -0.480 e. The van der Waals surface area contributed by atoms with Crippen molar-refractivity contribution in [3.63, 3.8) is 0 Å². The number of sulfonamides is 1. The van der Waals surface area contributed by atoms with Crippen molar-refractivity contribution in [1.29, 1.82) is 0 Å². The number of anilines is 1. The number of carboxylic acid groups (broad SMARTS) is 1. The van der Waals surface area contributed by atoms with Crippen LogP contribution in [0, 0.1) is 0 Å². The molecular weight excluding hydrogens is 467 g/mol. The van der Waals surface area contributed by atoms with Crippen LogP contribution in [0.25, 0.3) is 11.1 Å². The zero-order valence-electron chi connectivity index (χ0n) is 16.3. The van der Waals surface area contributed by atoms with Crippen LogP contribution in [0.15, 0.2) is 77.7 Å². The minimum absolute atomic E-state index is 0. The molecule has 1 atom stereocenters. The highest BCUT2D eigenvalue weighted by Crippen LogP contribution is 2.37. The van der Waals surface area contributed by atoms with E-state index in [9.17, 15) is 31.5 Å². The number of nitrogens with zero attached hydrogens (tertiary/aromatic N) is 1. The summed E-state index contributed by atoms with van der Waals surface area (Å²) in [7, 11) is -4.20. The number of halogens is 4. The lowest BCUT2D eigenvalue weighted by Crippen LogP contribution is -2.42. The fourth-order valence-electron chi connectivity index (χ4n) is 3.65. The second kappa shape index (κ2) is 8.48. The Morgan fingerprint density at radius 2 is 1.59 bits per heavy atom. The molecule has 0 aliphatic carbocycles. The van der Waals surface area contributed by atoms with E-state index in [1.54, 1.807) is 24.3 Å². The number of benzene rings is 3. The minimum atomic E-state index is -4.49. The van der Waals surface area contributed by atoms with Gasteiger partial charge in [-0.25, -0.2) is 13.2 Å². The lowest BCUT2D eigenvalue weighted by atomic mass is 10.0. The van der Waals surface area contributed by atoms with Gasteiger partial charge in [0.15, 0.2) is 0 Å². The summed E-state index contributed by atoms with van der Waals surface area (Å²) in [6.45, 7) is 0. The lowest BCUT2D eigenvalue weighted by molar-refractivity contribution is -0.138. The highest BCUT2D eigenvalue weighted by atomic mass is 35.5. The molecule has 3 aromatic rings. The Morgan fingerprint density at radius 3 is 2.22 bits per heavy atom. The van der Waals surface area contributed by atoms with Crippen molar-refractivity contribution < 1.29 is 31.5 Å². The van der Waals surface area contributed by atoms with Crippen molar-refractivity contribution in [2.75, 3.05) is 4.31 Å². The summed E-state index contributed by atoms with van der Waals surface area (Å²) in [5.41, 5.74) is 0.797. The van der Waals surface area contributed by atoms with Gasteiger partial charge in [0.2, 0.25) is 0 Å². The molecule has 0 spiro atoms. The number of fused-ring (bicyclic) bond motifs is 1. The van der Waals surface area contributed by atoms with E-state index in [4.69, 9.17) is 0 Å². The summed E-state index contributed by atoms with van der Waals surface area (Å²) in [6, 6.07) is 15.3. The summed E-state index contributed by atoms with van der Waals surface area (Å²) in [5, 5.41) is 9.55. The number of alkyl halides is 3. The average molecular weight is 484 g/mol. The van der Waals surface area contributed by atoms with Gasteiger partial charge in [0.1, 0.15) is 6.04 Å². The van der Waals surface area contributed by atoms with Gasteiger partial charge in [-0.05, 0) is 47.0 Å². The van der Waals surface area contributed by atoms with E-state index in [1.165, 1.54) is 36.4 Å². The van der Waals surface area contributed by atoms with Gasteiger partial charge < -0.3 is 5.11 Å². The van der Waals surface area contributed by atoms with Crippen molar-refractivity contribution >= 4 is 34.1 Å². The SMILES string of the molecule is Cl.O=C(O)[C@@H]1Cc2ccccc2N1S(=O)(=O)c1ccc(-c2cccc(C(F)(F)F)c2)cc1. The van der Waals surface area contributed by atoms with E-state index in [-0.39, 0.29) is 29.3 Å². The maximum atomic E-state index is 13.3. The molecule has 168 valence electrons. The first-order chi connectivity index (χ1) is 14.6. The molecule has 10 heteroatoms. The van der Waals surface area contributed by atoms with E-state index in [0.717, 1.165) is 16.4 Å². The van der Waals surface area contributed by atoms with E-state index in [0.29, 0.717) is 16.8 Å². The van der Waals surface area contributed by atoms with Crippen molar-refractivity contribution in [3.05, 3.63) is 83.9 Å². The van der Waals surface area contributed by atoms with Crippen LogP contribution in [0.5, 0.6) is 0 Å². The number of aliphatic carboxylic acids is 1. The molecule has 1 aliphatic rings. The van der Waals surface area contributed by atoms with Crippen molar-refractivity contribution in [1.82, 2.24) is 0 Å². The molecule has 3 aromatic carbocycles. The molecule has 4 rings (SSSR count). The number of hydrogen-bond acceptors (Lipinski definition) is 3. The molecule has 0 saturated carbocycles. The Bertz CT molecular complexity index is 1260. The van der Waals surface area contributed by atoms with Crippen LogP contribution >= 0.6 is 12.4 Å². The molecule has 32 heavy (non-hydrogen) atoms. The lowest BCUT2D eigenvalue weighted by Gasteiger charge is -2.24. The van der Waals surface area contributed by atoms with Gasteiger partial charge in [0.25, 0.3) is 10.0 Å². The smallest absolute Gasteiger partial charge is 0.416 e. The molecule has 0 fully saturated rings. The molecule has 0 unspecified atom stereocenters. The Balaban J connectivity index is 0.00000289. The quantitative estimate of drug-likeness (QED) is 0.566. The number of carboxylic acids is 1. The maximum Gasteiger partial charge on any atom is 0.416 e. The first-order valence-corrected chi connectivity index (χ1v) is 10.7. The summed E-state index contributed by atoms with van der Waals surface area (Å²) in [6.07, 6.45) is -4.44. The number of rotatable bonds is 4. The summed E-state index contributed by atoms with van der Waals surface area (Å²) in [4.78, 5) is 11.6. The third kappa shape index (κ3) is 4.18. The predicted octanol–water partition coefficient (Wildman–Crippen LogP) is 5.00. The van der Waals surface area contributed by atoms with E-state index in [2.05, 4.69) is 0 Å². The second-order valence-electron chi connectivity index (χ2n) is 7.09. The molecule has 0 aromatic heterocycles. The van der Waals surface area contributed by atoms with Crippen LogP contribution in [-0.2, 0) is 27.4 Å². The Hall–Kier alpha value is -3.04. The normalized spacial score (nSPS) is 15.7. The van der Waals surface area contributed by atoms with Crippen molar-refractivity contribution in [3.8, 4) is 11.1 Å². The fraction of sp³-hybridized carbons (Fsp3) is 0.136. The first-order valence-electron chi connectivity index (χ1n) is 9.22. The van der Waals surface area contributed by atoms with Gasteiger partial charge in [0, 0.05) is 6.42 Å². The average Bonchev–Trinajstić information content (AvgIpc) is 3.14. The maximum absolute atomic E-state index is 13.3. The van der Waals surface area contributed by atoms with Gasteiger partial charge >= 0.3 is 12.1 Å². The van der Waals surface area contributed by atoms with Gasteiger partial charge in [-0.15, -0.1) is 12.4 Å². The zero-order valence-corrected chi connectivity index (χ0v) is 17.9. The van der Waals surface area contributed by atoms with Crippen molar-refractivity contribution in [2.45, 2.75) is 23.5 Å². The van der Waals surface area contributed by atoms with Crippen LogP contribution in [0.2, 0.25) is 0 Å². The highest BCUT2D eigenvalue weighted by Gasteiger charge is 2.42. The summed E-state index contributed by atoms with van der Waals surface area (Å²) in [5.74, 6) is -1.26. The Labute approximate surface area is 188 Å². The monoisotopic (exact) mass is 483 g/mol.